The highest BCUT2D eigenvalue weighted by Crippen LogP contribution is 2.11. The minimum Gasteiger partial charge on any atom is -0.373 e. The van der Waals surface area contributed by atoms with Crippen molar-refractivity contribution in [2.24, 2.45) is 0 Å². The molecule has 0 amide bonds. The molecule has 0 aromatic rings. The van der Waals surface area contributed by atoms with E-state index in [4.69, 9.17) is 4.74 Å². The first-order valence-corrected chi connectivity index (χ1v) is 4.19. The summed E-state index contributed by atoms with van der Waals surface area (Å²) in [5, 5.41) is 0. The van der Waals surface area contributed by atoms with Gasteiger partial charge in [-0.25, -0.2) is 0 Å². The second kappa shape index (κ2) is 4.88. The van der Waals surface area contributed by atoms with Crippen LogP contribution in [0.5, 0.6) is 0 Å². The zero-order valence-electron chi connectivity index (χ0n) is 7.38. The van der Waals surface area contributed by atoms with Crippen LogP contribution in [0.3, 0.4) is 0 Å². The van der Waals surface area contributed by atoms with Crippen LogP contribution < -0.4 is 0 Å². The fraction of sp³-hybridized carbons (Fsp3) is 0.500. The van der Waals surface area contributed by atoms with E-state index in [-0.39, 0.29) is 0 Å². The van der Waals surface area contributed by atoms with E-state index in [2.05, 4.69) is 13.0 Å². The van der Waals surface area contributed by atoms with Gasteiger partial charge in [0.15, 0.2) is 0 Å². The molecule has 12 heavy (non-hydrogen) atoms. The zero-order valence-corrected chi connectivity index (χ0v) is 7.38. The Balaban J connectivity index is 2.53. The maximum absolute atomic E-state index is 10.2. The number of carbonyl (C=O) groups excluding carboxylic acids is 1. The molecule has 1 aliphatic heterocycles. The van der Waals surface area contributed by atoms with Gasteiger partial charge in [-0.05, 0) is 31.4 Å². The van der Waals surface area contributed by atoms with Crippen LogP contribution in [0, 0.1) is 0 Å². The van der Waals surface area contributed by atoms with E-state index >= 15 is 0 Å². The van der Waals surface area contributed by atoms with Crippen LogP contribution in [0.1, 0.15) is 19.8 Å². The molecule has 0 saturated carbocycles. The molecule has 0 saturated heterocycles. The number of hydrogen-bond acceptors (Lipinski definition) is 2. The largest absolute Gasteiger partial charge is 0.373 e. The second-order valence-corrected chi connectivity index (χ2v) is 3.04. The number of aldehydes is 1. The average Bonchev–Trinajstić information content (AvgIpc) is 2.00. The van der Waals surface area contributed by atoms with E-state index in [0.29, 0.717) is 13.2 Å². The Morgan fingerprint density at radius 1 is 1.50 bits per heavy atom. The fourth-order valence-electron chi connectivity index (χ4n) is 1.21. The van der Waals surface area contributed by atoms with Crippen LogP contribution >= 0.6 is 0 Å². The van der Waals surface area contributed by atoms with E-state index < -0.39 is 0 Å². The highest BCUT2D eigenvalue weighted by molar-refractivity contribution is 5.66. The third kappa shape index (κ3) is 3.01. The molecule has 66 valence electrons. The van der Waals surface area contributed by atoms with Crippen molar-refractivity contribution in [2.75, 3.05) is 13.2 Å². The van der Waals surface area contributed by atoms with Gasteiger partial charge < -0.3 is 4.74 Å². The molecule has 0 fully saturated rings. The summed E-state index contributed by atoms with van der Waals surface area (Å²) >= 11 is 0. The summed E-state index contributed by atoms with van der Waals surface area (Å²) in [6.45, 7) is 3.36. The molecule has 0 spiro atoms. The molecule has 2 heteroatoms. The molecule has 0 bridgehead atoms. The third-order valence-corrected chi connectivity index (χ3v) is 1.88. The van der Waals surface area contributed by atoms with Gasteiger partial charge in [0.1, 0.15) is 6.29 Å². The summed E-state index contributed by atoms with van der Waals surface area (Å²) < 4.78 is 5.36. The van der Waals surface area contributed by atoms with Crippen LogP contribution in [0.2, 0.25) is 0 Å². The van der Waals surface area contributed by atoms with Crippen molar-refractivity contribution < 1.29 is 9.53 Å². The smallest absolute Gasteiger partial charge is 0.142 e. The van der Waals surface area contributed by atoms with Gasteiger partial charge in [-0.1, -0.05) is 11.6 Å². The SMILES string of the molecule is C/C1=C/CC/C(=C/C=O)COC1. The van der Waals surface area contributed by atoms with Gasteiger partial charge >= 0.3 is 0 Å². The Bertz CT molecular complexity index is 214. The molecule has 0 N–H and O–H groups in total. The molecular formula is C10H14O2. The Morgan fingerprint density at radius 2 is 2.33 bits per heavy atom. The van der Waals surface area contributed by atoms with Crippen molar-refractivity contribution in [1.82, 2.24) is 0 Å². The summed E-state index contributed by atoms with van der Waals surface area (Å²) in [4.78, 5) is 10.2. The van der Waals surface area contributed by atoms with Crippen LogP contribution in [0.4, 0.5) is 0 Å². The molecule has 2 nitrogen and oxygen atoms in total. The first-order chi connectivity index (χ1) is 5.83. The predicted octanol–water partition coefficient (Wildman–Crippen LogP) is 1.87. The zero-order chi connectivity index (χ0) is 8.81. The number of allylic oxidation sites excluding steroid dienone is 2. The summed E-state index contributed by atoms with van der Waals surface area (Å²) in [5.74, 6) is 0. The van der Waals surface area contributed by atoms with Crippen molar-refractivity contribution >= 4 is 6.29 Å². The molecule has 1 heterocycles. The van der Waals surface area contributed by atoms with Crippen molar-refractivity contribution in [2.45, 2.75) is 19.8 Å². The topological polar surface area (TPSA) is 26.3 Å². The average molecular weight is 166 g/mol. The lowest BCUT2D eigenvalue weighted by Crippen LogP contribution is -2.04. The van der Waals surface area contributed by atoms with Crippen LogP contribution in [-0.4, -0.2) is 19.5 Å². The first kappa shape index (κ1) is 9.20. The summed E-state index contributed by atoms with van der Waals surface area (Å²) in [6.07, 6.45) is 6.56. The standard InChI is InChI=1S/C10H14O2/c1-9-3-2-4-10(5-6-11)8-12-7-9/h3,5-6H,2,4,7-8H2,1H3/b9-3-,10-5-. The molecule has 0 aliphatic carbocycles. The van der Waals surface area contributed by atoms with Gasteiger partial charge in [-0.3, -0.25) is 4.79 Å². The lowest BCUT2D eigenvalue weighted by Gasteiger charge is -2.11. The van der Waals surface area contributed by atoms with Crippen LogP contribution in [0.25, 0.3) is 0 Å². The van der Waals surface area contributed by atoms with Gasteiger partial charge in [0, 0.05) is 0 Å². The third-order valence-electron chi connectivity index (χ3n) is 1.88. The Hall–Kier alpha value is -0.890. The van der Waals surface area contributed by atoms with Crippen molar-refractivity contribution in [3.63, 3.8) is 0 Å². The van der Waals surface area contributed by atoms with E-state index in [1.165, 1.54) is 5.57 Å². The fourth-order valence-corrected chi connectivity index (χ4v) is 1.21. The summed E-state index contributed by atoms with van der Waals surface area (Å²) in [6, 6.07) is 0. The second-order valence-electron chi connectivity index (χ2n) is 3.04. The van der Waals surface area contributed by atoms with Crippen LogP contribution in [0.15, 0.2) is 23.3 Å². The summed E-state index contributed by atoms with van der Waals surface area (Å²) in [7, 11) is 0. The van der Waals surface area contributed by atoms with Gasteiger partial charge in [-0.2, -0.15) is 0 Å². The number of rotatable bonds is 1. The van der Waals surface area contributed by atoms with Crippen molar-refractivity contribution in [3.8, 4) is 0 Å². The molecular weight excluding hydrogens is 152 g/mol. The van der Waals surface area contributed by atoms with E-state index in [1.807, 2.05) is 0 Å². The molecule has 0 unspecified atom stereocenters. The van der Waals surface area contributed by atoms with Crippen LogP contribution in [-0.2, 0) is 9.53 Å². The molecule has 0 atom stereocenters. The van der Waals surface area contributed by atoms with E-state index in [9.17, 15) is 4.79 Å². The summed E-state index contributed by atoms with van der Waals surface area (Å²) in [5.41, 5.74) is 2.37. The Kier molecular flexibility index (Phi) is 3.74. The van der Waals surface area contributed by atoms with Gasteiger partial charge in [0.05, 0.1) is 13.2 Å². The lowest BCUT2D eigenvalue weighted by atomic mass is 10.1. The predicted molar refractivity (Wildman–Crippen MR) is 48.0 cm³/mol. The maximum Gasteiger partial charge on any atom is 0.142 e. The van der Waals surface area contributed by atoms with Crippen molar-refractivity contribution in [1.29, 1.82) is 0 Å². The maximum atomic E-state index is 10.2. The monoisotopic (exact) mass is 166 g/mol. The quantitative estimate of drug-likeness (QED) is 0.337. The van der Waals surface area contributed by atoms with E-state index in [0.717, 1.165) is 24.7 Å². The molecule has 0 aromatic carbocycles. The molecule has 1 rings (SSSR count). The molecule has 0 radical (unpaired) electrons. The normalized spacial score (nSPS) is 27.1. The van der Waals surface area contributed by atoms with Gasteiger partial charge in [0.2, 0.25) is 0 Å². The van der Waals surface area contributed by atoms with E-state index in [1.54, 1.807) is 6.08 Å². The first-order valence-electron chi connectivity index (χ1n) is 4.19. The minimum absolute atomic E-state index is 0.601. The molecule has 0 aromatic heterocycles. The van der Waals surface area contributed by atoms with Gasteiger partial charge in [-0.15, -0.1) is 0 Å². The lowest BCUT2D eigenvalue weighted by molar-refractivity contribution is -0.104. The Labute approximate surface area is 72.9 Å². The van der Waals surface area contributed by atoms with Gasteiger partial charge in [0.25, 0.3) is 0 Å². The number of hydrogen-bond donors (Lipinski definition) is 0. The van der Waals surface area contributed by atoms with Crippen molar-refractivity contribution in [3.05, 3.63) is 23.3 Å². The minimum atomic E-state index is 0.601. The Morgan fingerprint density at radius 3 is 3.08 bits per heavy atom. The highest BCUT2D eigenvalue weighted by Gasteiger charge is 2.01. The highest BCUT2D eigenvalue weighted by atomic mass is 16.5. The molecule has 1 aliphatic rings. The number of ether oxygens (including phenoxy) is 1. The number of carbonyl (C=O) groups is 1.